The molecule has 0 aliphatic rings. The molecule has 3 N–H and O–H groups in total. The van der Waals surface area contributed by atoms with Crippen LogP contribution in [0.3, 0.4) is 0 Å². The van der Waals surface area contributed by atoms with Crippen molar-refractivity contribution < 1.29 is 24.5 Å². The van der Waals surface area contributed by atoms with E-state index in [4.69, 9.17) is 4.74 Å². The summed E-state index contributed by atoms with van der Waals surface area (Å²) in [6.45, 7) is 5.00. The number of nitrogens with one attached hydrogen (secondary N) is 1. The van der Waals surface area contributed by atoms with Crippen LogP contribution in [0, 0.1) is 0 Å². The van der Waals surface area contributed by atoms with Gasteiger partial charge in [-0.05, 0) is 83.5 Å². The first-order valence-corrected chi connectivity index (χ1v) is 41.2. The zero-order valence-corrected chi connectivity index (χ0v) is 61.1. The van der Waals surface area contributed by atoms with Crippen molar-refractivity contribution in [3.05, 3.63) is 36.5 Å². The van der Waals surface area contributed by atoms with Gasteiger partial charge in [0.2, 0.25) is 5.91 Å². The molecule has 0 aromatic heterocycles. The van der Waals surface area contributed by atoms with Crippen molar-refractivity contribution in [1.29, 1.82) is 0 Å². The Bertz CT molecular complexity index is 1460. The molecule has 2 unspecified atom stereocenters. The van der Waals surface area contributed by atoms with Crippen molar-refractivity contribution in [3.63, 3.8) is 0 Å². The first kappa shape index (κ1) is 88.1. The molecule has 90 heavy (non-hydrogen) atoms. The number of allylic oxidation sites excluding steroid dienone is 6. The second kappa shape index (κ2) is 79.5. The van der Waals surface area contributed by atoms with E-state index in [9.17, 15) is 19.8 Å². The Kier molecular flexibility index (Phi) is 77.8. The van der Waals surface area contributed by atoms with E-state index in [-0.39, 0.29) is 18.5 Å². The lowest BCUT2D eigenvalue weighted by molar-refractivity contribution is -0.143. The number of aliphatic hydroxyl groups excluding tert-OH is 2. The molecule has 0 spiro atoms. The number of hydrogen-bond donors (Lipinski definition) is 3. The topological polar surface area (TPSA) is 95.9 Å². The summed E-state index contributed by atoms with van der Waals surface area (Å²) in [7, 11) is 0. The fourth-order valence-electron chi connectivity index (χ4n) is 13.1. The summed E-state index contributed by atoms with van der Waals surface area (Å²) >= 11 is 0. The van der Waals surface area contributed by atoms with Crippen LogP contribution in [-0.2, 0) is 14.3 Å². The van der Waals surface area contributed by atoms with Crippen molar-refractivity contribution in [2.24, 2.45) is 0 Å². The van der Waals surface area contributed by atoms with E-state index in [0.29, 0.717) is 25.9 Å². The average Bonchev–Trinajstić information content (AvgIpc) is 3.69. The van der Waals surface area contributed by atoms with Gasteiger partial charge in [-0.15, -0.1) is 0 Å². The van der Waals surface area contributed by atoms with Crippen molar-refractivity contribution >= 4 is 11.9 Å². The summed E-state index contributed by atoms with van der Waals surface area (Å²) in [6.07, 6.45) is 104. The lowest BCUT2D eigenvalue weighted by atomic mass is 10.0. The van der Waals surface area contributed by atoms with Crippen LogP contribution in [0.5, 0.6) is 0 Å². The number of hydrogen-bond acceptors (Lipinski definition) is 5. The molecule has 0 aliphatic heterocycles. The van der Waals surface area contributed by atoms with E-state index in [2.05, 4.69) is 55.6 Å². The summed E-state index contributed by atoms with van der Waals surface area (Å²) in [5.74, 6) is -0.0179. The molecule has 0 saturated heterocycles. The molecule has 0 radical (unpaired) electrons. The van der Waals surface area contributed by atoms with Gasteiger partial charge in [0, 0.05) is 12.8 Å². The average molecular weight is 1270 g/mol. The Morgan fingerprint density at radius 1 is 0.311 bits per heavy atom. The van der Waals surface area contributed by atoms with Crippen molar-refractivity contribution in [2.75, 3.05) is 13.2 Å². The highest BCUT2D eigenvalue weighted by Crippen LogP contribution is 2.20. The molecule has 0 fully saturated rings. The van der Waals surface area contributed by atoms with Gasteiger partial charge in [0.25, 0.3) is 0 Å². The van der Waals surface area contributed by atoms with Crippen LogP contribution < -0.4 is 5.32 Å². The zero-order chi connectivity index (χ0) is 64.9. The van der Waals surface area contributed by atoms with Gasteiger partial charge < -0.3 is 20.3 Å². The third kappa shape index (κ3) is 75.1. The molecular weight excluding hydrogens is 1100 g/mol. The monoisotopic (exact) mass is 1260 g/mol. The number of ether oxygens (including phenoxy) is 1. The van der Waals surface area contributed by atoms with Gasteiger partial charge in [0.1, 0.15) is 0 Å². The van der Waals surface area contributed by atoms with Crippen LogP contribution in [-0.4, -0.2) is 47.4 Å². The quantitative estimate of drug-likeness (QED) is 0.0320. The summed E-state index contributed by atoms with van der Waals surface area (Å²) in [5, 5.41) is 23.5. The molecule has 532 valence electrons. The minimum Gasteiger partial charge on any atom is -0.466 e. The van der Waals surface area contributed by atoms with Crippen LogP contribution in [0.25, 0.3) is 0 Å². The lowest BCUT2D eigenvalue weighted by Gasteiger charge is -2.22. The summed E-state index contributed by atoms with van der Waals surface area (Å²) in [4.78, 5) is 24.7. The van der Waals surface area contributed by atoms with Gasteiger partial charge in [-0.2, -0.15) is 0 Å². The maximum Gasteiger partial charge on any atom is 0.305 e. The second-order valence-electron chi connectivity index (χ2n) is 28.5. The molecule has 6 nitrogen and oxygen atoms in total. The van der Waals surface area contributed by atoms with Crippen LogP contribution >= 0.6 is 0 Å². The molecule has 0 heterocycles. The van der Waals surface area contributed by atoms with Crippen LogP contribution in [0.1, 0.15) is 463 Å². The zero-order valence-electron chi connectivity index (χ0n) is 61.1. The highest BCUT2D eigenvalue weighted by atomic mass is 16.5. The van der Waals surface area contributed by atoms with Crippen molar-refractivity contribution in [3.8, 4) is 0 Å². The maximum absolute atomic E-state index is 12.6. The summed E-state index contributed by atoms with van der Waals surface area (Å²) < 4.78 is 5.50. The van der Waals surface area contributed by atoms with Gasteiger partial charge >= 0.3 is 5.97 Å². The molecule has 0 aromatic carbocycles. The molecule has 1 amide bonds. The Hall–Kier alpha value is -1.92. The molecule has 6 heteroatoms. The molecule has 0 aromatic rings. The van der Waals surface area contributed by atoms with Gasteiger partial charge in [-0.1, -0.05) is 403 Å². The highest BCUT2D eigenvalue weighted by Gasteiger charge is 2.20. The normalized spacial score (nSPS) is 12.6. The Morgan fingerprint density at radius 2 is 0.556 bits per heavy atom. The van der Waals surface area contributed by atoms with Gasteiger partial charge in [-0.25, -0.2) is 0 Å². The third-order valence-corrected chi connectivity index (χ3v) is 19.4. The third-order valence-electron chi connectivity index (χ3n) is 19.4. The SMILES string of the molecule is CCCCCCCC/C=C\CCCCCCCCCC(=O)OCCCCCCCCCCC/C=C\C/C=C\CCCCCCCCCCCCCCCCCC(=O)NC(CO)C(O)CCCCCCCCCCCCCCCCCCCCCCCCCCC. The van der Waals surface area contributed by atoms with Gasteiger partial charge in [0.15, 0.2) is 0 Å². The number of carbonyl (C=O) groups is 2. The molecular formula is C84H161NO5. The number of rotatable bonds is 78. The number of aliphatic hydroxyl groups is 2. The molecule has 2 atom stereocenters. The fraction of sp³-hybridized carbons (Fsp3) is 0.905. The number of unbranched alkanes of at least 4 members (excludes halogenated alkanes) is 61. The molecule has 0 saturated carbocycles. The minimum absolute atomic E-state index is 0.0108. The van der Waals surface area contributed by atoms with Gasteiger partial charge in [-0.3, -0.25) is 9.59 Å². The smallest absolute Gasteiger partial charge is 0.305 e. The molecule has 0 rings (SSSR count). The Morgan fingerprint density at radius 3 is 0.856 bits per heavy atom. The first-order valence-electron chi connectivity index (χ1n) is 41.2. The summed E-state index contributed by atoms with van der Waals surface area (Å²) in [5.41, 5.74) is 0. The lowest BCUT2D eigenvalue weighted by Crippen LogP contribution is -2.45. The van der Waals surface area contributed by atoms with E-state index in [1.54, 1.807) is 0 Å². The number of esters is 1. The van der Waals surface area contributed by atoms with E-state index in [1.807, 2.05) is 0 Å². The maximum atomic E-state index is 12.6. The van der Waals surface area contributed by atoms with Crippen LogP contribution in [0.4, 0.5) is 0 Å². The standard InChI is InChI=1S/C84H161NO5/c1-3-5-7-9-11-13-15-17-19-21-22-23-24-32-35-38-41-45-48-52-56-60-64-68-72-76-82(87)81(80-86)85-83(88)77-73-69-65-61-57-53-49-46-42-39-36-33-30-28-26-25-27-29-31-34-37-40-43-47-51-55-59-63-67-71-75-79-90-84(89)78-74-70-66-62-58-54-50-44-20-18-16-14-12-10-8-6-4-2/h18,20,27,29,34,37,81-82,86-87H,3-17,19,21-26,28,30-33,35-36,38-80H2,1-2H3,(H,85,88)/b20-18-,29-27-,37-34-. The van der Waals surface area contributed by atoms with Crippen molar-refractivity contribution in [1.82, 2.24) is 5.32 Å². The van der Waals surface area contributed by atoms with E-state index >= 15 is 0 Å². The number of amides is 1. The van der Waals surface area contributed by atoms with E-state index in [1.165, 1.54) is 379 Å². The molecule has 0 bridgehead atoms. The highest BCUT2D eigenvalue weighted by molar-refractivity contribution is 5.76. The first-order chi connectivity index (χ1) is 44.5. The van der Waals surface area contributed by atoms with Gasteiger partial charge in [0.05, 0.1) is 25.4 Å². The largest absolute Gasteiger partial charge is 0.466 e. The minimum atomic E-state index is -0.666. The van der Waals surface area contributed by atoms with E-state index in [0.717, 1.165) is 51.4 Å². The Balaban J connectivity index is 3.39. The number of carbonyl (C=O) groups excluding carboxylic acids is 2. The second-order valence-corrected chi connectivity index (χ2v) is 28.5. The molecule has 0 aliphatic carbocycles. The fourth-order valence-corrected chi connectivity index (χ4v) is 13.1. The predicted octanol–water partition coefficient (Wildman–Crippen LogP) is 27.4. The Labute approximate surface area is 564 Å². The van der Waals surface area contributed by atoms with Crippen LogP contribution in [0.2, 0.25) is 0 Å². The van der Waals surface area contributed by atoms with Crippen molar-refractivity contribution in [2.45, 2.75) is 475 Å². The summed E-state index contributed by atoms with van der Waals surface area (Å²) in [6, 6.07) is -0.543. The van der Waals surface area contributed by atoms with Crippen LogP contribution in [0.15, 0.2) is 36.5 Å². The van der Waals surface area contributed by atoms with E-state index < -0.39 is 12.1 Å². The predicted molar refractivity (Wildman–Crippen MR) is 398 cm³/mol.